The number of rotatable bonds is 14. The van der Waals surface area contributed by atoms with Crippen molar-refractivity contribution >= 4 is 10.1 Å². The lowest BCUT2D eigenvalue weighted by Crippen LogP contribution is -2.16. The predicted octanol–water partition coefficient (Wildman–Crippen LogP) is 7.06. The monoisotopic (exact) mass is 530 g/mol. The van der Waals surface area contributed by atoms with Crippen LogP contribution in [0, 0.1) is 6.92 Å². The first kappa shape index (κ1) is 27.6. The van der Waals surface area contributed by atoms with Crippen molar-refractivity contribution in [2.24, 2.45) is 0 Å². The highest BCUT2D eigenvalue weighted by Gasteiger charge is 2.23. The Labute approximate surface area is 226 Å². The standard InChI is InChI=1S/C32H34O5S/c1-26-20-22-29(23-21-26)38(33,34)37-31-19-9-8-18-30(31)32(35-24-10-16-27-12-4-2-5-13-27)36-25-11-17-28-14-6-3-7-15-28/h2-9,12-15,18-23,32H,10-11,16-17,24-25H2,1H3. The molecule has 0 aliphatic rings. The lowest BCUT2D eigenvalue weighted by molar-refractivity contribution is -0.148. The van der Waals surface area contributed by atoms with E-state index in [1.54, 1.807) is 42.5 Å². The molecule has 0 radical (unpaired) electrons. The first-order chi connectivity index (χ1) is 18.5. The average Bonchev–Trinajstić information content (AvgIpc) is 2.94. The van der Waals surface area contributed by atoms with Gasteiger partial charge in [-0.1, -0.05) is 96.6 Å². The Morgan fingerprint density at radius 1 is 0.632 bits per heavy atom. The van der Waals surface area contributed by atoms with E-state index >= 15 is 0 Å². The molecule has 0 saturated carbocycles. The van der Waals surface area contributed by atoms with E-state index in [-0.39, 0.29) is 10.6 Å². The van der Waals surface area contributed by atoms with Crippen LogP contribution in [-0.2, 0) is 32.4 Å². The molecule has 4 aromatic carbocycles. The molecule has 198 valence electrons. The third kappa shape index (κ3) is 8.28. The van der Waals surface area contributed by atoms with Crippen molar-refractivity contribution in [1.29, 1.82) is 0 Å². The molecule has 0 N–H and O–H groups in total. The highest BCUT2D eigenvalue weighted by Crippen LogP contribution is 2.31. The summed E-state index contributed by atoms with van der Waals surface area (Å²) in [6.07, 6.45) is 2.60. The first-order valence-electron chi connectivity index (χ1n) is 12.9. The molecule has 6 heteroatoms. The maximum absolute atomic E-state index is 13.0. The Morgan fingerprint density at radius 3 is 1.68 bits per heavy atom. The lowest BCUT2D eigenvalue weighted by atomic mass is 10.1. The highest BCUT2D eigenvalue weighted by atomic mass is 32.2. The molecule has 5 nitrogen and oxygen atoms in total. The van der Waals surface area contributed by atoms with Gasteiger partial charge in [-0.05, 0) is 61.9 Å². The molecule has 0 unspecified atom stereocenters. The van der Waals surface area contributed by atoms with Crippen LogP contribution in [0.3, 0.4) is 0 Å². The Kier molecular flexibility index (Phi) is 10.1. The number of aryl methyl sites for hydroxylation is 3. The molecule has 4 aromatic rings. The number of para-hydroxylation sites is 1. The minimum atomic E-state index is -4.02. The zero-order valence-corrected chi connectivity index (χ0v) is 22.5. The van der Waals surface area contributed by atoms with Crippen molar-refractivity contribution < 1.29 is 22.1 Å². The number of benzene rings is 4. The van der Waals surface area contributed by atoms with Gasteiger partial charge in [-0.3, -0.25) is 0 Å². The third-order valence-corrected chi connectivity index (χ3v) is 7.37. The summed E-state index contributed by atoms with van der Waals surface area (Å²) in [6, 6.07) is 34.1. The molecule has 0 aliphatic carbocycles. The van der Waals surface area contributed by atoms with E-state index < -0.39 is 16.4 Å². The second kappa shape index (κ2) is 13.9. The summed E-state index contributed by atoms with van der Waals surface area (Å²) in [5, 5.41) is 0. The van der Waals surface area contributed by atoms with Gasteiger partial charge in [0.2, 0.25) is 0 Å². The van der Waals surface area contributed by atoms with Gasteiger partial charge in [-0.2, -0.15) is 8.42 Å². The summed E-state index contributed by atoms with van der Waals surface area (Å²) in [4.78, 5) is 0.0991. The largest absolute Gasteiger partial charge is 0.378 e. The van der Waals surface area contributed by atoms with Crippen molar-refractivity contribution in [3.8, 4) is 5.75 Å². The van der Waals surface area contributed by atoms with Gasteiger partial charge >= 0.3 is 10.1 Å². The van der Waals surface area contributed by atoms with Crippen molar-refractivity contribution in [2.75, 3.05) is 13.2 Å². The molecule has 38 heavy (non-hydrogen) atoms. The van der Waals surface area contributed by atoms with Crippen molar-refractivity contribution in [3.63, 3.8) is 0 Å². The van der Waals surface area contributed by atoms with E-state index in [1.807, 2.05) is 49.4 Å². The number of ether oxygens (including phenoxy) is 2. The number of hydrogen-bond donors (Lipinski definition) is 0. The summed E-state index contributed by atoms with van der Waals surface area (Å²) in [5.41, 5.74) is 3.99. The van der Waals surface area contributed by atoms with Gasteiger partial charge < -0.3 is 13.7 Å². The van der Waals surface area contributed by atoms with Gasteiger partial charge in [-0.15, -0.1) is 0 Å². The van der Waals surface area contributed by atoms with Crippen LogP contribution >= 0.6 is 0 Å². The van der Waals surface area contributed by atoms with E-state index in [0.717, 1.165) is 31.2 Å². The molecular formula is C32H34O5S. The van der Waals surface area contributed by atoms with Crippen molar-refractivity contribution in [2.45, 2.75) is 43.8 Å². The maximum Gasteiger partial charge on any atom is 0.339 e. The molecule has 0 aliphatic heterocycles. The molecule has 0 amide bonds. The molecular weight excluding hydrogens is 496 g/mol. The van der Waals surface area contributed by atoms with Crippen LogP contribution in [-0.4, -0.2) is 21.6 Å². The summed E-state index contributed by atoms with van der Waals surface area (Å²) < 4.78 is 44.0. The fraction of sp³-hybridized carbons (Fsp3) is 0.250. The highest BCUT2D eigenvalue weighted by molar-refractivity contribution is 7.87. The summed E-state index contributed by atoms with van der Waals surface area (Å²) in [7, 11) is -4.02. The van der Waals surface area contributed by atoms with Crippen LogP contribution in [0.15, 0.2) is 114 Å². The average molecular weight is 531 g/mol. The molecule has 0 heterocycles. The van der Waals surface area contributed by atoms with Gasteiger partial charge in [0, 0.05) is 0 Å². The van der Waals surface area contributed by atoms with Crippen LogP contribution < -0.4 is 4.18 Å². The Hall–Kier alpha value is -3.45. The molecule has 0 spiro atoms. The molecule has 0 atom stereocenters. The smallest absolute Gasteiger partial charge is 0.339 e. The second-order valence-electron chi connectivity index (χ2n) is 9.14. The van der Waals surface area contributed by atoms with Crippen LogP contribution in [0.25, 0.3) is 0 Å². The molecule has 0 bridgehead atoms. The van der Waals surface area contributed by atoms with E-state index in [0.29, 0.717) is 18.8 Å². The van der Waals surface area contributed by atoms with Gasteiger partial charge in [0.1, 0.15) is 4.90 Å². The maximum atomic E-state index is 13.0. The third-order valence-electron chi connectivity index (χ3n) is 6.13. The Morgan fingerprint density at radius 2 is 1.13 bits per heavy atom. The SMILES string of the molecule is Cc1ccc(S(=O)(=O)Oc2ccccc2C(OCCCc2ccccc2)OCCCc2ccccc2)cc1. The van der Waals surface area contributed by atoms with Gasteiger partial charge in [0.15, 0.2) is 12.0 Å². The van der Waals surface area contributed by atoms with Crippen molar-refractivity contribution in [1.82, 2.24) is 0 Å². The summed E-state index contributed by atoms with van der Waals surface area (Å²) in [6.45, 7) is 2.82. The van der Waals surface area contributed by atoms with Crippen LogP contribution in [0.2, 0.25) is 0 Å². The topological polar surface area (TPSA) is 61.8 Å². The van der Waals surface area contributed by atoms with Gasteiger partial charge in [0.05, 0.1) is 18.8 Å². The minimum Gasteiger partial charge on any atom is -0.378 e. The molecule has 0 fully saturated rings. The van der Waals surface area contributed by atoms with Gasteiger partial charge in [0.25, 0.3) is 0 Å². The normalized spacial score (nSPS) is 11.5. The number of hydrogen-bond acceptors (Lipinski definition) is 5. The van der Waals surface area contributed by atoms with Crippen LogP contribution in [0.1, 0.15) is 41.4 Å². The van der Waals surface area contributed by atoms with Crippen LogP contribution in [0.4, 0.5) is 0 Å². The lowest BCUT2D eigenvalue weighted by Gasteiger charge is -2.21. The van der Waals surface area contributed by atoms with Crippen LogP contribution in [0.5, 0.6) is 5.75 Å². The summed E-state index contributed by atoms with van der Waals surface area (Å²) in [5.74, 6) is 0.198. The first-order valence-corrected chi connectivity index (χ1v) is 14.3. The zero-order valence-electron chi connectivity index (χ0n) is 21.7. The fourth-order valence-electron chi connectivity index (χ4n) is 4.07. The molecule has 0 saturated heterocycles. The van der Waals surface area contributed by atoms with E-state index in [4.69, 9.17) is 13.7 Å². The van der Waals surface area contributed by atoms with E-state index in [9.17, 15) is 8.42 Å². The quantitative estimate of drug-likeness (QED) is 0.0992. The van der Waals surface area contributed by atoms with E-state index in [2.05, 4.69) is 24.3 Å². The Bertz CT molecular complexity index is 1310. The van der Waals surface area contributed by atoms with Crippen molar-refractivity contribution in [3.05, 3.63) is 131 Å². The molecule has 0 aromatic heterocycles. The summed E-state index contributed by atoms with van der Waals surface area (Å²) >= 11 is 0. The molecule has 4 rings (SSSR count). The minimum absolute atomic E-state index is 0.0991. The van der Waals surface area contributed by atoms with Gasteiger partial charge in [-0.25, -0.2) is 0 Å². The van der Waals surface area contributed by atoms with E-state index in [1.165, 1.54) is 11.1 Å². The second-order valence-corrected chi connectivity index (χ2v) is 10.7. The predicted molar refractivity (Wildman–Crippen MR) is 150 cm³/mol. The Balaban J connectivity index is 1.46. The zero-order chi connectivity index (χ0) is 26.6. The fourth-order valence-corrected chi connectivity index (χ4v) is 5.03.